The quantitative estimate of drug-likeness (QED) is 0.879. The number of anilines is 1. The van der Waals surface area contributed by atoms with Crippen molar-refractivity contribution in [3.8, 4) is 0 Å². The summed E-state index contributed by atoms with van der Waals surface area (Å²) in [5.74, 6) is -0.00598. The van der Waals surface area contributed by atoms with Crippen LogP contribution in [0.4, 0.5) is 5.69 Å². The maximum atomic E-state index is 12.0. The van der Waals surface area contributed by atoms with E-state index in [1.165, 1.54) is 0 Å². The number of amides is 1. The van der Waals surface area contributed by atoms with Gasteiger partial charge in [0.25, 0.3) is 0 Å². The maximum Gasteiger partial charge on any atom is 0.225 e. The molecular formula is C16H23ClN2O2. The van der Waals surface area contributed by atoms with Crippen molar-refractivity contribution in [2.24, 2.45) is 5.41 Å². The molecule has 2 N–H and O–H groups in total. The van der Waals surface area contributed by atoms with Crippen LogP contribution >= 0.6 is 11.6 Å². The Hall–Kier alpha value is -1.10. The molecule has 0 radical (unpaired) electrons. The number of carbonyl (C=O) groups is 1. The molecule has 1 atom stereocenters. The van der Waals surface area contributed by atoms with Crippen LogP contribution in [0, 0.1) is 5.41 Å². The number of hydrogen-bond donors (Lipinski definition) is 2. The van der Waals surface area contributed by atoms with Gasteiger partial charge in [-0.05, 0) is 37.6 Å². The number of nitrogens with one attached hydrogen (secondary N) is 1. The molecule has 1 aromatic carbocycles. The molecule has 1 aliphatic rings. The lowest BCUT2D eigenvalue weighted by molar-refractivity contribution is -0.116. The first-order valence-electron chi connectivity index (χ1n) is 7.39. The molecule has 0 spiro atoms. The zero-order valence-corrected chi connectivity index (χ0v) is 13.2. The Labute approximate surface area is 131 Å². The van der Waals surface area contributed by atoms with E-state index < -0.39 is 0 Å². The molecule has 0 bridgehead atoms. The van der Waals surface area contributed by atoms with E-state index in [9.17, 15) is 9.90 Å². The van der Waals surface area contributed by atoms with Crippen LogP contribution in [0.1, 0.15) is 26.2 Å². The predicted octanol–water partition coefficient (Wildman–Crippen LogP) is 2.76. The van der Waals surface area contributed by atoms with Gasteiger partial charge in [-0.2, -0.15) is 0 Å². The Morgan fingerprint density at radius 3 is 3.05 bits per heavy atom. The van der Waals surface area contributed by atoms with Crippen LogP contribution in [0.25, 0.3) is 0 Å². The van der Waals surface area contributed by atoms with Crippen molar-refractivity contribution in [3.63, 3.8) is 0 Å². The summed E-state index contributed by atoms with van der Waals surface area (Å²) in [6.45, 7) is 4.89. The second-order valence-corrected chi connectivity index (χ2v) is 6.59. The standard InChI is InChI=1S/C16H23ClN2O2/c1-16(12-20)7-3-8-19(11-16)9-6-15(21)18-14-5-2-4-13(17)10-14/h2,4-5,10,20H,3,6-9,11-12H2,1H3,(H,18,21). The van der Waals surface area contributed by atoms with Crippen LogP contribution in [0.2, 0.25) is 5.02 Å². The van der Waals surface area contributed by atoms with Crippen molar-refractivity contribution in [1.29, 1.82) is 0 Å². The lowest BCUT2D eigenvalue weighted by atomic mass is 9.83. The van der Waals surface area contributed by atoms with Gasteiger partial charge in [-0.3, -0.25) is 4.79 Å². The van der Waals surface area contributed by atoms with E-state index >= 15 is 0 Å². The highest BCUT2D eigenvalue weighted by Gasteiger charge is 2.30. The smallest absolute Gasteiger partial charge is 0.225 e. The molecule has 116 valence electrons. The summed E-state index contributed by atoms with van der Waals surface area (Å²) in [4.78, 5) is 14.2. The minimum absolute atomic E-state index is 0.00598. The van der Waals surface area contributed by atoms with Gasteiger partial charge in [0.1, 0.15) is 0 Å². The van der Waals surface area contributed by atoms with Crippen LogP contribution in [-0.4, -0.2) is 42.2 Å². The molecule has 2 rings (SSSR count). The number of hydrogen-bond acceptors (Lipinski definition) is 3. The van der Waals surface area contributed by atoms with Crippen molar-refractivity contribution in [2.75, 3.05) is 31.6 Å². The highest BCUT2D eigenvalue weighted by Crippen LogP contribution is 2.28. The van der Waals surface area contributed by atoms with E-state index in [0.717, 1.165) is 38.2 Å². The first-order valence-corrected chi connectivity index (χ1v) is 7.77. The topological polar surface area (TPSA) is 52.6 Å². The lowest BCUT2D eigenvalue weighted by Crippen LogP contribution is -2.44. The van der Waals surface area contributed by atoms with Crippen LogP contribution in [0.5, 0.6) is 0 Å². The fraction of sp³-hybridized carbons (Fsp3) is 0.562. The predicted molar refractivity (Wildman–Crippen MR) is 85.6 cm³/mol. The van der Waals surface area contributed by atoms with Gasteiger partial charge in [-0.1, -0.05) is 24.6 Å². The van der Waals surface area contributed by atoms with Crippen molar-refractivity contribution in [2.45, 2.75) is 26.2 Å². The molecule has 4 nitrogen and oxygen atoms in total. The third-order valence-corrected chi connectivity index (χ3v) is 4.24. The van der Waals surface area contributed by atoms with E-state index in [2.05, 4.69) is 17.1 Å². The second-order valence-electron chi connectivity index (χ2n) is 6.16. The zero-order chi connectivity index (χ0) is 15.3. The molecule has 1 fully saturated rings. The van der Waals surface area contributed by atoms with Gasteiger partial charge in [-0.25, -0.2) is 0 Å². The molecule has 1 unspecified atom stereocenters. The summed E-state index contributed by atoms with van der Waals surface area (Å²) in [6.07, 6.45) is 2.58. The fourth-order valence-corrected chi connectivity index (χ4v) is 2.99. The Kier molecular flexibility index (Phi) is 5.62. The SMILES string of the molecule is CC1(CO)CCCN(CCC(=O)Nc2cccc(Cl)c2)C1. The van der Waals surface area contributed by atoms with E-state index in [4.69, 9.17) is 11.6 Å². The molecule has 1 saturated heterocycles. The highest BCUT2D eigenvalue weighted by atomic mass is 35.5. The summed E-state index contributed by atoms with van der Waals surface area (Å²) in [5.41, 5.74) is 0.702. The lowest BCUT2D eigenvalue weighted by Gasteiger charge is -2.39. The van der Waals surface area contributed by atoms with Gasteiger partial charge in [0, 0.05) is 42.2 Å². The molecule has 0 aliphatic carbocycles. The van der Waals surface area contributed by atoms with Crippen molar-refractivity contribution < 1.29 is 9.90 Å². The fourth-order valence-electron chi connectivity index (χ4n) is 2.80. The van der Waals surface area contributed by atoms with Gasteiger partial charge in [0.15, 0.2) is 0 Å². The Morgan fingerprint density at radius 1 is 1.52 bits per heavy atom. The molecule has 1 heterocycles. The number of halogens is 1. The Morgan fingerprint density at radius 2 is 2.33 bits per heavy atom. The van der Waals surface area contributed by atoms with Gasteiger partial charge in [0.05, 0.1) is 0 Å². The minimum Gasteiger partial charge on any atom is -0.396 e. The molecule has 5 heteroatoms. The largest absolute Gasteiger partial charge is 0.396 e. The van der Waals surface area contributed by atoms with Gasteiger partial charge >= 0.3 is 0 Å². The molecule has 1 aromatic rings. The van der Waals surface area contributed by atoms with Crippen LogP contribution < -0.4 is 5.32 Å². The maximum absolute atomic E-state index is 12.0. The molecule has 1 amide bonds. The van der Waals surface area contributed by atoms with Crippen molar-refractivity contribution in [1.82, 2.24) is 4.90 Å². The molecule has 0 aromatic heterocycles. The number of likely N-dealkylation sites (tertiary alicyclic amines) is 1. The van der Waals surface area contributed by atoms with E-state index in [1.807, 2.05) is 12.1 Å². The summed E-state index contributed by atoms with van der Waals surface area (Å²) in [6, 6.07) is 7.16. The minimum atomic E-state index is -0.0261. The monoisotopic (exact) mass is 310 g/mol. The number of aliphatic hydroxyl groups excluding tert-OH is 1. The Bertz CT molecular complexity index is 495. The van der Waals surface area contributed by atoms with E-state index in [0.29, 0.717) is 11.4 Å². The highest BCUT2D eigenvalue weighted by molar-refractivity contribution is 6.30. The second kappa shape index (κ2) is 7.25. The van der Waals surface area contributed by atoms with Gasteiger partial charge in [0.2, 0.25) is 5.91 Å². The number of nitrogens with zero attached hydrogens (tertiary/aromatic N) is 1. The van der Waals surface area contributed by atoms with Crippen LogP contribution in [0.15, 0.2) is 24.3 Å². The average molecular weight is 311 g/mol. The summed E-state index contributed by atoms with van der Waals surface area (Å²) < 4.78 is 0. The zero-order valence-electron chi connectivity index (χ0n) is 12.4. The summed E-state index contributed by atoms with van der Waals surface area (Å²) in [5, 5.41) is 12.9. The van der Waals surface area contributed by atoms with Gasteiger partial charge < -0.3 is 15.3 Å². The van der Waals surface area contributed by atoms with Crippen molar-refractivity contribution in [3.05, 3.63) is 29.3 Å². The third-order valence-electron chi connectivity index (χ3n) is 4.01. The Balaban J connectivity index is 1.79. The number of benzene rings is 1. The summed E-state index contributed by atoms with van der Waals surface area (Å²) >= 11 is 5.89. The van der Waals surface area contributed by atoms with E-state index in [1.54, 1.807) is 12.1 Å². The number of carbonyl (C=O) groups excluding carboxylic acids is 1. The number of rotatable bonds is 5. The van der Waals surface area contributed by atoms with Crippen molar-refractivity contribution >= 4 is 23.2 Å². The van der Waals surface area contributed by atoms with E-state index in [-0.39, 0.29) is 17.9 Å². The third kappa shape index (κ3) is 4.99. The molecule has 21 heavy (non-hydrogen) atoms. The number of piperidine rings is 1. The normalized spacial score (nSPS) is 23.0. The van der Waals surface area contributed by atoms with Crippen LogP contribution in [0.3, 0.4) is 0 Å². The molecule has 0 saturated carbocycles. The van der Waals surface area contributed by atoms with Gasteiger partial charge in [-0.15, -0.1) is 0 Å². The summed E-state index contributed by atoms with van der Waals surface area (Å²) in [7, 11) is 0. The first-order chi connectivity index (χ1) is 10.0. The average Bonchev–Trinajstić information content (AvgIpc) is 2.45. The number of aliphatic hydroxyl groups is 1. The molecular weight excluding hydrogens is 288 g/mol. The molecule has 1 aliphatic heterocycles. The first kappa shape index (κ1) is 16.3. The van der Waals surface area contributed by atoms with Crippen LogP contribution in [-0.2, 0) is 4.79 Å².